The zero-order valence-corrected chi connectivity index (χ0v) is 8.34. The van der Waals surface area contributed by atoms with Crippen LogP contribution in [0.2, 0.25) is 0 Å². The van der Waals surface area contributed by atoms with Gasteiger partial charge in [-0.1, -0.05) is 12.2 Å². The quantitative estimate of drug-likeness (QED) is 0.395. The first-order valence-corrected chi connectivity index (χ1v) is 5.29. The fourth-order valence-electron chi connectivity index (χ4n) is 0.353. The summed E-state index contributed by atoms with van der Waals surface area (Å²) in [6.07, 6.45) is 3.45. The van der Waals surface area contributed by atoms with Gasteiger partial charge in [-0.15, -0.1) is 13.2 Å². The van der Waals surface area contributed by atoms with E-state index in [1.807, 2.05) is 0 Å². The van der Waals surface area contributed by atoms with Gasteiger partial charge in [0.15, 0.2) is 0 Å². The minimum Gasteiger partial charge on any atom is -0.281 e. The summed E-state index contributed by atoms with van der Waals surface area (Å²) in [5.74, 6) is 1.42. The Morgan fingerprint density at radius 1 is 1.17 bits per heavy atom. The van der Waals surface area contributed by atoms with Gasteiger partial charge in [-0.2, -0.15) is 0 Å². The van der Waals surface area contributed by atoms with E-state index in [0.717, 1.165) is 0 Å². The van der Waals surface area contributed by atoms with Crippen molar-refractivity contribution in [3.63, 3.8) is 0 Å². The van der Waals surface area contributed by atoms with Crippen LogP contribution in [0.1, 0.15) is 0 Å². The standard InChI is InChI=1S/C7H12N2OS2/c1-3-5-11-8-7(10)9-12-6-4-2/h3-4H,1-2,5-6H2,(H2,8,9,10). The van der Waals surface area contributed by atoms with Crippen LogP contribution in [0.5, 0.6) is 0 Å². The van der Waals surface area contributed by atoms with Crippen molar-refractivity contribution >= 4 is 29.9 Å². The molecular formula is C7H12N2OS2. The first kappa shape index (κ1) is 11.4. The zero-order chi connectivity index (χ0) is 9.23. The molecule has 0 unspecified atom stereocenters. The third-order valence-electron chi connectivity index (χ3n) is 0.732. The summed E-state index contributed by atoms with van der Waals surface area (Å²) in [6, 6.07) is -0.200. The third kappa shape index (κ3) is 7.56. The molecule has 0 aliphatic rings. The van der Waals surface area contributed by atoms with Crippen LogP contribution in [-0.4, -0.2) is 17.5 Å². The van der Waals surface area contributed by atoms with Crippen molar-refractivity contribution in [2.45, 2.75) is 0 Å². The Morgan fingerprint density at radius 2 is 1.58 bits per heavy atom. The van der Waals surface area contributed by atoms with Gasteiger partial charge < -0.3 is 0 Å². The molecule has 0 aromatic heterocycles. The summed E-state index contributed by atoms with van der Waals surface area (Å²) in [5, 5.41) is 0. The van der Waals surface area contributed by atoms with E-state index in [9.17, 15) is 4.79 Å². The second-order valence-electron chi connectivity index (χ2n) is 1.73. The van der Waals surface area contributed by atoms with Gasteiger partial charge in [0.05, 0.1) is 0 Å². The minimum atomic E-state index is -0.200. The van der Waals surface area contributed by atoms with Gasteiger partial charge in [-0.3, -0.25) is 9.44 Å². The van der Waals surface area contributed by atoms with Gasteiger partial charge in [-0.05, 0) is 23.9 Å². The fraction of sp³-hybridized carbons (Fsp3) is 0.286. The average Bonchev–Trinajstić information content (AvgIpc) is 2.06. The lowest BCUT2D eigenvalue weighted by atomic mass is 10.8. The second kappa shape index (κ2) is 8.55. The van der Waals surface area contributed by atoms with Crippen LogP contribution in [0.3, 0.4) is 0 Å². The molecule has 12 heavy (non-hydrogen) atoms. The fourth-order valence-corrected chi connectivity index (χ4v) is 1.18. The average molecular weight is 204 g/mol. The molecule has 0 bridgehead atoms. The van der Waals surface area contributed by atoms with Crippen LogP contribution in [0.4, 0.5) is 4.79 Å². The molecule has 0 fully saturated rings. The molecule has 0 aliphatic heterocycles. The molecule has 2 N–H and O–H groups in total. The summed E-state index contributed by atoms with van der Waals surface area (Å²) in [6.45, 7) is 7.04. The summed E-state index contributed by atoms with van der Waals surface area (Å²) in [7, 11) is 0. The lowest BCUT2D eigenvalue weighted by molar-refractivity contribution is 0.252. The molecule has 0 heterocycles. The Morgan fingerprint density at radius 3 is 1.92 bits per heavy atom. The van der Waals surface area contributed by atoms with Gasteiger partial charge in [0.1, 0.15) is 0 Å². The first-order chi connectivity index (χ1) is 5.81. The Balaban J connectivity index is 3.21. The number of nitrogens with one attached hydrogen (secondary N) is 2. The molecule has 0 aromatic carbocycles. The predicted molar refractivity (Wildman–Crippen MR) is 57.0 cm³/mol. The molecule has 2 amide bonds. The van der Waals surface area contributed by atoms with Crippen molar-refractivity contribution in [3.8, 4) is 0 Å². The van der Waals surface area contributed by atoms with Crippen LogP contribution in [0, 0.1) is 0 Å². The van der Waals surface area contributed by atoms with Gasteiger partial charge >= 0.3 is 6.03 Å². The van der Waals surface area contributed by atoms with Gasteiger partial charge in [0.2, 0.25) is 0 Å². The Bertz CT molecular complexity index is 145. The van der Waals surface area contributed by atoms with E-state index < -0.39 is 0 Å². The van der Waals surface area contributed by atoms with E-state index in [2.05, 4.69) is 22.6 Å². The largest absolute Gasteiger partial charge is 0.334 e. The molecule has 0 radical (unpaired) electrons. The van der Waals surface area contributed by atoms with Crippen LogP contribution in [0.15, 0.2) is 25.3 Å². The molecule has 0 aliphatic carbocycles. The van der Waals surface area contributed by atoms with Crippen molar-refractivity contribution in [3.05, 3.63) is 25.3 Å². The van der Waals surface area contributed by atoms with Crippen molar-refractivity contribution in [2.24, 2.45) is 0 Å². The highest BCUT2D eigenvalue weighted by molar-refractivity contribution is 7.99. The molecule has 68 valence electrons. The van der Waals surface area contributed by atoms with Gasteiger partial charge in [-0.25, -0.2) is 4.79 Å². The van der Waals surface area contributed by atoms with Crippen molar-refractivity contribution < 1.29 is 4.79 Å². The summed E-state index contributed by atoms with van der Waals surface area (Å²) < 4.78 is 5.17. The Hall–Kier alpha value is -0.550. The molecule has 3 nitrogen and oxygen atoms in total. The van der Waals surface area contributed by atoms with Crippen LogP contribution in [0.25, 0.3) is 0 Å². The Labute approximate surface area is 81.3 Å². The van der Waals surface area contributed by atoms with E-state index in [4.69, 9.17) is 0 Å². The molecule has 0 spiro atoms. The van der Waals surface area contributed by atoms with E-state index in [0.29, 0.717) is 11.5 Å². The van der Waals surface area contributed by atoms with Crippen molar-refractivity contribution in [1.29, 1.82) is 0 Å². The minimum absolute atomic E-state index is 0.200. The summed E-state index contributed by atoms with van der Waals surface area (Å²) >= 11 is 2.60. The molecule has 0 saturated carbocycles. The maximum atomic E-state index is 10.9. The highest BCUT2D eigenvalue weighted by atomic mass is 32.2. The summed E-state index contributed by atoms with van der Waals surface area (Å²) in [5.41, 5.74) is 0. The van der Waals surface area contributed by atoms with E-state index in [-0.39, 0.29) is 6.03 Å². The van der Waals surface area contributed by atoms with E-state index >= 15 is 0 Å². The van der Waals surface area contributed by atoms with Crippen molar-refractivity contribution in [2.75, 3.05) is 11.5 Å². The normalized spacial score (nSPS) is 8.67. The van der Waals surface area contributed by atoms with Crippen molar-refractivity contribution in [1.82, 2.24) is 9.44 Å². The number of rotatable bonds is 6. The smallest absolute Gasteiger partial charge is 0.281 e. The van der Waals surface area contributed by atoms with E-state index in [1.165, 1.54) is 23.9 Å². The Kier molecular flexibility index (Phi) is 8.15. The third-order valence-corrected chi connectivity index (χ3v) is 2.20. The lowest BCUT2D eigenvalue weighted by Gasteiger charge is -2.02. The number of carbonyl (C=O) groups excluding carboxylic acids is 1. The van der Waals surface area contributed by atoms with Gasteiger partial charge in [0, 0.05) is 11.5 Å². The molecule has 0 atom stereocenters. The van der Waals surface area contributed by atoms with E-state index in [1.54, 1.807) is 12.2 Å². The van der Waals surface area contributed by atoms with Crippen LogP contribution < -0.4 is 9.44 Å². The number of amides is 2. The predicted octanol–water partition coefficient (Wildman–Crippen LogP) is 1.95. The maximum Gasteiger partial charge on any atom is 0.334 e. The SMILES string of the molecule is C=CCSNC(=O)NSCC=C. The number of hydrogen-bond donors (Lipinski definition) is 2. The molecule has 0 rings (SSSR count). The highest BCUT2D eigenvalue weighted by Gasteiger charge is 1.96. The number of carbonyl (C=O) groups is 1. The van der Waals surface area contributed by atoms with Crippen LogP contribution in [-0.2, 0) is 0 Å². The number of urea groups is 1. The van der Waals surface area contributed by atoms with Gasteiger partial charge in [0.25, 0.3) is 0 Å². The molecular weight excluding hydrogens is 192 g/mol. The lowest BCUT2D eigenvalue weighted by Crippen LogP contribution is -2.26. The topological polar surface area (TPSA) is 41.1 Å². The monoisotopic (exact) mass is 204 g/mol. The molecule has 5 heteroatoms. The first-order valence-electron chi connectivity index (χ1n) is 3.32. The highest BCUT2D eigenvalue weighted by Crippen LogP contribution is 1.95. The second-order valence-corrected chi connectivity index (χ2v) is 3.38. The summed E-state index contributed by atoms with van der Waals surface area (Å²) in [4.78, 5) is 10.9. The maximum absolute atomic E-state index is 10.9. The zero-order valence-electron chi connectivity index (χ0n) is 6.71. The van der Waals surface area contributed by atoms with Crippen LogP contribution >= 0.6 is 23.9 Å². The molecule has 0 saturated heterocycles. The number of hydrogen-bond acceptors (Lipinski definition) is 3. The molecule has 0 aromatic rings.